The fourth-order valence-electron chi connectivity index (χ4n) is 2.82. The number of aryl methyl sites for hydroxylation is 2. The lowest BCUT2D eigenvalue weighted by Gasteiger charge is -2.22. The van der Waals surface area contributed by atoms with Crippen molar-refractivity contribution in [3.8, 4) is 0 Å². The van der Waals surface area contributed by atoms with E-state index in [0.717, 1.165) is 29.5 Å². The molecule has 1 saturated heterocycles. The van der Waals surface area contributed by atoms with Gasteiger partial charge in [0.2, 0.25) is 0 Å². The van der Waals surface area contributed by atoms with Crippen LogP contribution in [-0.4, -0.2) is 27.6 Å². The highest BCUT2D eigenvalue weighted by molar-refractivity contribution is 5.70. The van der Waals surface area contributed by atoms with Crippen molar-refractivity contribution in [3.63, 3.8) is 0 Å². The highest BCUT2D eigenvalue weighted by atomic mass is 15.1. The first-order valence-electron chi connectivity index (χ1n) is 6.83. The molecular formula is C14H20N4. The lowest BCUT2D eigenvalue weighted by atomic mass is 9.95. The number of fused-ring (bicyclic) bond motifs is 1. The van der Waals surface area contributed by atoms with Crippen LogP contribution in [0.2, 0.25) is 0 Å². The molecule has 0 unspecified atom stereocenters. The predicted octanol–water partition coefficient (Wildman–Crippen LogP) is 2.13. The van der Waals surface area contributed by atoms with Gasteiger partial charge in [0.1, 0.15) is 11.3 Å². The number of imidazole rings is 1. The maximum atomic E-state index is 4.56. The summed E-state index contributed by atoms with van der Waals surface area (Å²) < 4.78 is 2.26. The number of aromatic nitrogens is 3. The topological polar surface area (TPSA) is 42.7 Å². The molecule has 1 aliphatic heterocycles. The molecule has 4 heteroatoms. The highest BCUT2D eigenvalue weighted by Gasteiger charge is 2.14. The van der Waals surface area contributed by atoms with Crippen molar-refractivity contribution in [1.82, 2.24) is 19.9 Å². The third kappa shape index (κ3) is 2.25. The summed E-state index contributed by atoms with van der Waals surface area (Å²) in [7, 11) is 0. The zero-order chi connectivity index (χ0) is 12.4. The molecule has 0 aromatic carbocycles. The predicted molar refractivity (Wildman–Crippen MR) is 72.5 cm³/mol. The zero-order valence-corrected chi connectivity index (χ0v) is 10.9. The van der Waals surface area contributed by atoms with Gasteiger partial charge in [-0.25, -0.2) is 9.97 Å². The normalized spacial score (nSPS) is 17.4. The van der Waals surface area contributed by atoms with Gasteiger partial charge in [0.25, 0.3) is 0 Å². The van der Waals surface area contributed by atoms with E-state index >= 15 is 0 Å². The van der Waals surface area contributed by atoms with E-state index in [-0.39, 0.29) is 0 Å². The number of rotatable bonds is 3. The molecule has 0 radical (unpaired) electrons. The largest absolute Gasteiger partial charge is 0.317 e. The van der Waals surface area contributed by atoms with E-state index in [2.05, 4.69) is 26.8 Å². The van der Waals surface area contributed by atoms with Gasteiger partial charge in [-0.1, -0.05) is 0 Å². The highest BCUT2D eigenvalue weighted by Crippen LogP contribution is 2.19. The molecule has 96 valence electrons. The molecule has 0 bridgehead atoms. The monoisotopic (exact) mass is 244 g/mol. The number of nitrogens with zero attached hydrogens (tertiary/aromatic N) is 3. The fraction of sp³-hybridized carbons (Fsp3) is 0.571. The van der Waals surface area contributed by atoms with Gasteiger partial charge < -0.3 is 9.88 Å². The minimum atomic E-state index is 0.854. The molecule has 0 amide bonds. The summed E-state index contributed by atoms with van der Waals surface area (Å²) >= 11 is 0. The minimum absolute atomic E-state index is 0.854. The molecule has 1 N–H and O–H groups in total. The maximum absolute atomic E-state index is 4.56. The summed E-state index contributed by atoms with van der Waals surface area (Å²) in [6.45, 7) is 5.47. The molecule has 18 heavy (non-hydrogen) atoms. The molecule has 3 rings (SSSR count). The second-order valence-electron chi connectivity index (χ2n) is 5.14. The summed E-state index contributed by atoms with van der Waals surface area (Å²) in [5.74, 6) is 1.93. The van der Waals surface area contributed by atoms with E-state index in [0.29, 0.717) is 0 Å². The lowest BCUT2D eigenvalue weighted by molar-refractivity contribution is 0.338. The Morgan fingerprint density at radius 3 is 3.06 bits per heavy atom. The van der Waals surface area contributed by atoms with Crippen LogP contribution in [0.3, 0.4) is 0 Å². The molecular weight excluding hydrogens is 224 g/mol. The molecule has 0 atom stereocenters. The van der Waals surface area contributed by atoms with Gasteiger partial charge in [0.05, 0.1) is 0 Å². The molecule has 2 aromatic rings. The molecule has 0 saturated carbocycles. The smallest absolute Gasteiger partial charge is 0.159 e. The van der Waals surface area contributed by atoms with E-state index in [1.54, 1.807) is 0 Å². The van der Waals surface area contributed by atoms with Gasteiger partial charge >= 0.3 is 0 Å². The summed E-state index contributed by atoms with van der Waals surface area (Å²) in [4.78, 5) is 9.02. The van der Waals surface area contributed by atoms with Gasteiger partial charge in [-0.05, 0) is 57.3 Å². The van der Waals surface area contributed by atoms with Crippen LogP contribution in [0.4, 0.5) is 0 Å². The summed E-state index contributed by atoms with van der Waals surface area (Å²) in [6, 6.07) is 3.99. The van der Waals surface area contributed by atoms with Crippen LogP contribution < -0.4 is 5.32 Å². The van der Waals surface area contributed by atoms with Crippen LogP contribution in [0.5, 0.6) is 0 Å². The molecule has 3 heterocycles. The van der Waals surface area contributed by atoms with Crippen molar-refractivity contribution in [2.75, 3.05) is 13.1 Å². The van der Waals surface area contributed by atoms with Gasteiger partial charge in [0.15, 0.2) is 5.65 Å². The van der Waals surface area contributed by atoms with Gasteiger partial charge in [-0.15, -0.1) is 0 Å². The maximum Gasteiger partial charge on any atom is 0.159 e. The molecule has 2 aromatic heterocycles. The van der Waals surface area contributed by atoms with Crippen LogP contribution in [0.1, 0.15) is 25.1 Å². The molecule has 1 fully saturated rings. The van der Waals surface area contributed by atoms with Crippen molar-refractivity contribution in [1.29, 1.82) is 0 Å². The van der Waals surface area contributed by atoms with Gasteiger partial charge in [-0.3, -0.25) is 0 Å². The van der Waals surface area contributed by atoms with Crippen LogP contribution in [0.15, 0.2) is 18.3 Å². The van der Waals surface area contributed by atoms with Crippen LogP contribution in [0.25, 0.3) is 11.2 Å². The number of piperidine rings is 1. The standard InChI is InChI=1S/C14H20N4/c1-11-17-13-3-2-7-16-14(13)18(11)10-6-12-4-8-15-9-5-12/h2-3,7,12,15H,4-6,8-10H2,1H3. The Morgan fingerprint density at radius 2 is 2.22 bits per heavy atom. The van der Waals surface area contributed by atoms with Crippen LogP contribution >= 0.6 is 0 Å². The Balaban J connectivity index is 1.75. The molecule has 1 aliphatic rings. The first kappa shape index (κ1) is 11.7. The van der Waals surface area contributed by atoms with E-state index in [1.165, 1.54) is 32.4 Å². The SMILES string of the molecule is Cc1nc2cccnc2n1CCC1CCNCC1. The van der Waals surface area contributed by atoms with Crippen molar-refractivity contribution in [2.45, 2.75) is 32.7 Å². The second kappa shape index (κ2) is 5.06. The number of pyridine rings is 1. The number of nitrogens with one attached hydrogen (secondary N) is 1. The second-order valence-corrected chi connectivity index (χ2v) is 5.14. The summed E-state index contributed by atoms with van der Waals surface area (Å²) in [6.07, 6.45) is 5.70. The van der Waals surface area contributed by atoms with Crippen molar-refractivity contribution < 1.29 is 0 Å². The molecule has 4 nitrogen and oxygen atoms in total. The Kier molecular flexibility index (Phi) is 3.28. The van der Waals surface area contributed by atoms with E-state index in [4.69, 9.17) is 0 Å². The first-order valence-corrected chi connectivity index (χ1v) is 6.83. The van der Waals surface area contributed by atoms with Crippen LogP contribution in [-0.2, 0) is 6.54 Å². The van der Waals surface area contributed by atoms with Gasteiger partial charge in [-0.2, -0.15) is 0 Å². The van der Waals surface area contributed by atoms with Gasteiger partial charge in [0, 0.05) is 12.7 Å². The number of hydrogen-bond acceptors (Lipinski definition) is 3. The minimum Gasteiger partial charge on any atom is -0.317 e. The van der Waals surface area contributed by atoms with Crippen molar-refractivity contribution >= 4 is 11.2 Å². The van der Waals surface area contributed by atoms with Crippen molar-refractivity contribution in [3.05, 3.63) is 24.2 Å². The van der Waals surface area contributed by atoms with Crippen molar-refractivity contribution in [2.24, 2.45) is 5.92 Å². The third-order valence-corrected chi connectivity index (χ3v) is 3.91. The summed E-state index contributed by atoms with van der Waals surface area (Å²) in [5.41, 5.74) is 2.05. The molecule has 0 aliphatic carbocycles. The lowest BCUT2D eigenvalue weighted by Crippen LogP contribution is -2.28. The number of hydrogen-bond donors (Lipinski definition) is 1. The quantitative estimate of drug-likeness (QED) is 0.899. The summed E-state index contributed by atoms with van der Waals surface area (Å²) in [5, 5.41) is 3.42. The van der Waals surface area contributed by atoms with E-state index < -0.39 is 0 Å². The average Bonchev–Trinajstić information content (AvgIpc) is 2.73. The average molecular weight is 244 g/mol. The van der Waals surface area contributed by atoms with E-state index in [1.807, 2.05) is 18.3 Å². The third-order valence-electron chi connectivity index (χ3n) is 3.91. The Morgan fingerprint density at radius 1 is 1.39 bits per heavy atom. The fourth-order valence-corrected chi connectivity index (χ4v) is 2.82. The Bertz CT molecular complexity index is 526. The first-order chi connectivity index (χ1) is 8.84. The molecule has 0 spiro atoms. The Hall–Kier alpha value is -1.42. The van der Waals surface area contributed by atoms with Crippen LogP contribution in [0, 0.1) is 12.8 Å². The Labute approximate surface area is 107 Å². The zero-order valence-electron chi connectivity index (χ0n) is 10.9. The van der Waals surface area contributed by atoms with E-state index in [9.17, 15) is 0 Å².